The molecule has 0 saturated heterocycles. The van der Waals surface area contributed by atoms with E-state index >= 15 is 0 Å². The van der Waals surface area contributed by atoms with Gasteiger partial charge in [0.1, 0.15) is 11.6 Å². The largest absolute Gasteiger partial charge is 0.476 e. The summed E-state index contributed by atoms with van der Waals surface area (Å²) in [5, 5.41) is 9.28. The molecule has 0 aliphatic carbocycles. The maximum absolute atomic E-state index is 11.3. The summed E-state index contributed by atoms with van der Waals surface area (Å²) in [4.78, 5) is 19.6. The van der Waals surface area contributed by atoms with E-state index in [0.29, 0.717) is 11.6 Å². The number of hydrogen-bond acceptors (Lipinski definition) is 4. The first-order valence-electron chi connectivity index (χ1n) is 6.88. The first-order chi connectivity index (χ1) is 10.0. The Balaban J connectivity index is 2.36. The van der Waals surface area contributed by atoms with E-state index in [1.54, 1.807) is 6.07 Å². The number of carboxylic acid groups (broad SMARTS) is 1. The Bertz CT molecular complexity index is 654. The normalized spacial score (nSPS) is 10.7. The lowest BCUT2D eigenvalue weighted by molar-refractivity contribution is 0.0686. The average Bonchev–Trinajstić information content (AvgIpc) is 2.47. The van der Waals surface area contributed by atoms with Crippen molar-refractivity contribution in [2.24, 2.45) is 0 Å². The second kappa shape index (κ2) is 6.35. The summed E-state index contributed by atoms with van der Waals surface area (Å²) < 4.78 is 5.64. The predicted molar refractivity (Wildman–Crippen MR) is 79.0 cm³/mol. The molecule has 5 heteroatoms. The molecule has 5 nitrogen and oxygen atoms in total. The smallest absolute Gasteiger partial charge is 0.358 e. The molecule has 1 heterocycles. The number of ether oxygens (including phenoxy) is 1. The van der Waals surface area contributed by atoms with Crippen molar-refractivity contribution in [3.05, 3.63) is 47.5 Å². The average molecular weight is 286 g/mol. The Kier molecular flexibility index (Phi) is 4.52. The van der Waals surface area contributed by atoms with Crippen molar-refractivity contribution < 1.29 is 14.6 Å². The molecule has 1 aromatic heterocycles. The number of hydrogen-bond donors (Lipinski definition) is 1. The molecule has 110 valence electrons. The van der Waals surface area contributed by atoms with Gasteiger partial charge in [-0.2, -0.15) is 0 Å². The second-order valence-electron chi connectivity index (χ2n) is 5.00. The van der Waals surface area contributed by atoms with Gasteiger partial charge in [0.15, 0.2) is 11.4 Å². The predicted octanol–water partition coefficient (Wildman–Crippen LogP) is 3.65. The van der Waals surface area contributed by atoms with E-state index in [4.69, 9.17) is 4.74 Å². The molecule has 2 rings (SSSR count). The van der Waals surface area contributed by atoms with Gasteiger partial charge in [-0.15, -0.1) is 0 Å². The zero-order chi connectivity index (χ0) is 15.4. The van der Waals surface area contributed by atoms with Crippen LogP contribution in [-0.2, 0) is 6.42 Å². The van der Waals surface area contributed by atoms with E-state index in [1.807, 2.05) is 39.0 Å². The standard InChI is InChI=1S/C16H18N2O3/c1-4-11-6-5-7-12(8-11)21-13-9-17-15(10(2)3)18-14(13)16(19)20/h5-10H,4H2,1-3H3,(H,19,20). The highest BCUT2D eigenvalue weighted by Crippen LogP contribution is 2.25. The minimum absolute atomic E-state index is 0.0561. The van der Waals surface area contributed by atoms with E-state index in [1.165, 1.54) is 6.20 Å². The third kappa shape index (κ3) is 3.56. The fraction of sp³-hybridized carbons (Fsp3) is 0.312. The van der Waals surface area contributed by atoms with E-state index in [2.05, 4.69) is 9.97 Å². The number of rotatable bonds is 5. The molecule has 2 aromatic rings. The third-order valence-electron chi connectivity index (χ3n) is 3.03. The summed E-state index contributed by atoms with van der Waals surface area (Å²) in [6, 6.07) is 7.52. The Hall–Kier alpha value is -2.43. The van der Waals surface area contributed by atoms with Gasteiger partial charge >= 0.3 is 5.97 Å². The van der Waals surface area contributed by atoms with Crippen molar-refractivity contribution in [2.75, 3.05) is 0 Å². The Morgan fingerprint density at radius 1 is 1.38 bits per heavy atom. The van der Waals surface area contributed by atoms with Crippen LogP contribution in [0.5, 0.6) is 11.5 Å². The molecule has 1 aromatic carbocycles. The van der Waals surface area contributed by atoms with Gasteiger partial charge in [0, 0.05) is 5.92 Å². The van der Waals surface area contributed by atoms with Crippen molar-refractivity contribution in [1.82, 2.24) is 9.97 Å². The van der Waals surface area contributed by atoms with Crippen LogP contribution in [0.25, 0.3) is 0 Å². The number of aromatic carboxylic acids is 1. The fourth-order valence-electron chi connectivity index (χ4n) is 1.85. The Morgan fingerprint density at radius 3 is 2.76 bits per heavy atom. The zero-order valence-electron chi connectivity index (χ0n) is 12.3. The molecular weight excluding hydrogens is 268 g/mol. The van der Waals surface area contributed by atoms with Crippen LogP contribution in [0.3, 0.4) is 0 Å². The zero-order valence-corrected chi connectivity index (χ0v) is 12.3. The summed E-state index contributed by atoms with van der Waals surface area (Å²) >= 11 is 0. The van der Waals surface area contributed by atoms with Crippen LogP contribution in [0.4, 0.5) is 0 Å². The SMILES string of the molecule is CCc1cccc(Oc2cnc(C(C)C)nc2C(=O)O)c1. The van der Waals surface area contributed by atoms with E-state index in [0.717, 1.165) is 12.0 Å². The number of benzene rings is 1. The van der Waals surface area contributed by atoms with Crippen LogP contribution in [0, 0.1) is 0 Å². The molecule has 0 aliphatic heterocycles. The number of nitrogens with zero attached hydrogens (tertiary/aromatic N) is 2. The highest BCUT2D eigenvalue weighted by Gasteiger charge is 2.17. The molecule has 21 heavy (non-hydrogen) atoms. The number of carboxylic acids is 1. The summed E-state index contributed by atoms with van der Waals surface area (Å²) in [6.45, 7) is 5.86. The molecule has 0 bridgehead atoms. The molecule has 1 N–H and O–H groups in total. The van der Waals surface area contributed by atoms with Crippen molar-refractivity contribution in [3.8, 4) is 11.5 Å². The summed E-state index contributed by atoms with van der Waals surface area (Å²) in [7, 11) is 0. The van der Waals surface area contributed by atoms with Gasteiger partial charge < -0.3 is 9.84 Å². The minimum Gasteiger partial charge on any atom is -0.476 e. The molecular formula is C16H18N2O3. The Labute approximate surface area is 123 Å². The Morgan fingerprint density at radius 2 is 2.14 bits per heavy atom. The van der Waals surface area contributed by atoms with Crippen LogP contribution in [0.1, 0.15) is 48.6 Å². The van der Waals surface area contributed by atoms with Crippen molar-refractivity contribution in [2.45, 2.75) is 33.1 Å². The number of carbonyl (C=O) groups is 1. The lowest BCUT2D eigenvalue weighted by atomic mass is 10.2. The lowest BCUT2D eigenvalue weighted by Gasteiger charge is -2.11. The summed E-state index contributed by atoms with van der Waals surface area (Å²) in [5.41, 5.74) is 1.000. The molecule has 0 aliphatic rings. The molecule has 0 radical (unpaired) electrons. The quantitative estimate of drug-likeness (QED) is 0.908. The van der Waals surface area contributed by atoms with Gasteiger partial charge in [0.25, 0.3) is 0 Å². The van der Waals surface area contributed by atoms with Crippen molar-refractivity contribution in [3.63, 3.8) is 0 Å². The second-order valence-corrected chi connectivity index (χ2v) is 5.00. The highest BCUT2D eigenvalue weighted by atomic mass is 16.5. The van der Waals surface area contributed by atoms with Gasteiger partial charge in [-0.1, -0.05) is 32.9 Å². The van der Waals surface area contributed by atoms with E-state index in [-0.39, 0.29) is 17.4 Å². The van der Waals surface area contributed by atoms with Crippen LogP contribution in [0.15, 0.2) is 30.5 Å². The van der Waals surface area contributed by atoms with Gasteiger partial charge in [0.05, 0.1) is 6.20 Å². The van der Waals surface area contributed by atoms with Crippen LogP contribution in [0.2, 0.25) is 0 Å². The molecule has 0 fully saturated rings. The van der Waals surface area contributed by atoms with Crippen LogP contribution >= 0.6 is 0 Å². The topological polar surface area (TPSA) is 72.3 Å². The summed E-state index contributed by atoms with van der Waals surface area (Å²) in [6.07, 6.45) is 2.30. The monoisotopic (exact) mass is 286 g/mol. The molecule has 0 saturated carbocycles. The van der Waals surface area contributed by atoms with Gasteiger partial charge in [-0.3, -0.25) is 0 Å². The molecule has 0 amide bonds. The molecule has 0 atom stereocenters. The minimum atomic E-state index is -1.12. The van der Waals surface area contributed by atoms with Crippen molar-refractivity contribution >= 4 is 5.97 Å². The molecule has 0 spiro atoms. The van der Waals surface area contributed by atoms with E-state index < -0.39 is 5.97 Å². The maximum Gasteiger partial charge on any atom is 0.358 e. The fourth-order valence-corrected chi connectivity index (χ4v) is 1.85. The van der Waals surface area contributed by atoms with Gasteiger partial charge in [0.2, 0.25) is 0 Å². The maximum atomic E-state index is 11.3. The van der Waals surface area contributed by atoms with Crippen molar-refractivity contribution in [1.29, 1.82) is 0 Å². The van der Waals surface area contributed by atoms with E-state index in [9.17, 15) is 9.90 Å². The first-order valence-corrected chi connectivity index (χ1v) is 6.88. The van der Waals surface area contributed by atoms with Gasteiger partial charge in [-0.25, -0.2) is 14.8 Å². The number of aromatic nitrogens is 2. The number of aryl methyl sites for hydroxylation is 1. The van der Waals surface area contributed by atoms with Crippen LogP contribution < -0.4 is 4.74 Å². The first kappa shape index (κ1) is 15.0. The summed E-state index contributed by atoms with van der Waals surface area (Å²) in [5.74, 6) is 0.154. The highest BCUT2D eigenvalue weighted by molar-refractivity contribution is 5.88. The molecule has 0 unspecified atom stereocenters. The lowest BCUT2D eigenvalue weighted by Crippen LogP contribution is -2.08. The third-order valence-corrected chi connectivity index (χ3v) is 3.03. The van der Waals surface area contributed by atoms with Gasteiger partial charge in [-0.05, 0) is 24.1 Å². The van der Waals surface area contributed by atoms with Crippen LogP contribution in [-0.4, -0.2) is 21.0 Å².